The van der Waals surface area contributed by atoms with Gasteiger partial charge in [-0.2, -0.15) is 5.10 Å². The van der Waals surface area contributed by atoms with Crippen LogP contribution < -0.4 is 4.90 Å². The van der Waals surface area contributed by atoms with E-state index in [2.05, 4.69) is 10.00 Å². The molecule has 0 N–H and O–H groups in total. The van der Waals surface area contributed by atoms with Crippen molar-refractivity contribution >= 4 is 23.0 Å². The van der Waals surface area contributed by atoms with Crippen molar-refractivity contribution in [3.63, 3.8) is 0 Å². The Morgan fingerprint density at radius 1 is 1.18 bits per heavy atom. The molecule has 1 fully saturated rings. The van der Waals surface area contributed by atoms with Crippen molar-refractivity contribution in [3.8, 4) is 5.69 Å². The molecule has 7 heteroatoms. The minimum atomic E-state index is -0.411. The van der Waals surface area contributed by atoms with Gasteiger partial charge in [0.15, 0.2) is 0 Å². The van der Waals surface area contributed by atoms with Crippen LogP contribution in [-0.4, -0.2) is 27.8 Å². The Balaban J connectivity index is 2.19. The van der Waals surface area contributed by atoms with E-state index in [1.54, 1.807) is 10.7 Å². The molecule has 116 valence electrons. The molecule has 0 bridgehead atoms. The van der Waals surface area contributed by atoms with E-state index >= 15 is 0 Å². The van der Waals surface area contributed by atoms with Crippen LogP contribution in [0, 0.1) is 24.0 Å². The molecule has 0 amide bonds. The van der Waals surface area contributed by atoms with Crippen molar-refractivity contribution < 1.29 is 4.92 Å². The van der Waals surface area contributed by atoms with Crippen LogP contribution in [0.4, 0.5) is 11.4 Å². The summed E-state index contributed by atoms with van der Waals surface area (Å²) in [6, 6.07) is 5.11. The number of hydrogen-bond acceptors (Lipinski definition) is 4. The summed E-state index contributed by atoms with van der Waals surface area (Å²) in [7, 11) is 0. The third-order valence-corrected chi connectivity index (χ3v) is 4.23. The molecule has 1 aliphatic rings. The van der Waals surface area contributed by atoms with Crippen LogP contribution in [0.25, 0.3) is 5.69 Å². The van der Waals surface area contributed by atoms with Crippen molar-refractivity contribution in [1.29, 1.82) is 0 Å². The molecule has 0 radical (unpaired) electrons. The summed E-state index contributed by atoms with van der Waals surface area (Å²) in [6.45, 7) is 5.60. The van der Waals surface area contributed by atoms with E-state index < -0.39 is 4.92 Å². The zero-order valence-electron chi connectivity index (χ0n) is 12.5. The van der Waals surface area contributed by atoms with Crippen molar-refractivity contribution in [3.05, 3.63) is 44.7 Å². The van der Waals surface area contributed by atoms with Gasteiger partial charge in [-0.25, -0.2) is 4.68 Å². The van der Waals surface area contributed by atoms with Crippen LogP contribution in [0.3, 0.4) is 0 Å². The molecular formula is C15H17ClN4O2. The molecule has 6 nitrogen and oxygen atoms in total. The van der Waals surface area contributed by atoms with Gasteiger partial charge in [0, 0.05) is 24.8 Å². The predicted molar refractivity (Wildman–Crippen MR) is 86.1 cm³/mol. The molecule has 1 aromatic carbocycles. The monoisotopic (exact) mass is 320 g/mol. The van der Waals surface area contributed by atoms with Gasteiger partial charge in [-0.1, -0.05) is 11.6 Å². The second kappa shape index (κ2) is 5.61. The summed E-state index contributed by atoms with van der Waals surface area (Å²) in [4.78, 5) is 13.1. The third kappa shape index (κ3) is 2.54. The minimum Gasteiger partial charge on any atom is -0.370 e. The highest BCUT2D eigenvalue weighted by atomic mass is 35.5. The van der Waals surface area contributed by atoms with Crippen molar-refractivity contribution in [2.24, 2.45) is 0 Å². The molecule has 22 heavy (non-hydrogen) atoms. The van der Waals surface area contributed by atoms with E-state index in [4.69, 9.17) is 11.6 Å². The Bertz CT molecular complexity index is 735. The van der Waals surface area contributed by atoms with E-state index in [9.17, 15) is 10.1 Å². The van der Waals surface area contributed by atoms with Crippen molar-refractivity contribution in [2.75, 3.05) is 18.0 Å². The highest BCUT2D eigenvalue weighted by molar-refractivity contribution is 6.33. The predicted octanol–water partition coefficient (Wildman–Crippen LogP) is 3.65. The fourth-order valence-electron chi connectivity index (χ4n) is 2.93. The lowest BCUT2D eigenvalue weighted by Crippen LogP contribution is -2.18. The van der Waals surface area contributed by atoms with Crippen molar-refractivity contribution in [2.45, 2.75) is 26.7 Å². The molecule has 1 aliphatic heterocycles. The number of halogens is 1. The average molecular weight is 321 g/mol. The Kier molecular flexibility index (Phi) is 3.78. The summed E-state index contributed by atoms with van der Waals surface area (Å²) in [6.07, 6.45) is 2.23. The molecule has 0 aliphatic carbocycles. The number of aromatic nitrogens is 2. The molecule has 2 heterocycles. The van der Waals surface area contributed by atoms with E-state index in [1.165, 1.54) is 6.07 Å². The Labute approximate surface area is 133 Å². The number of hydrogen-bond donors (Lipinski definition) is 0. The largest absolute Gasteiger partial charge is 0.370 e. The first-order valence-corrected chi connectivity index (χ1v) is 7.61. The second-order valence-corrected chi connectivity index (χ2v) is 5.99. The Morgan fingerprint density at radius 3 is 2.41 bits per heavy atom. The first kappa shape index (κ1) is 14.8. The lowest BCUT2D eigenvalue weighted by molar-refractivity contribution is -0.384. The summed E-state index contributed by atoms with van der Waals surface area (Å²) >= 11 is 6.28. The van der Waals surface area contributed by atoms with Gasteiger partial charge < -0.3 is 4.90 Å². The average Bonchev–Trinajstić information content (AvgIpc) is 3.08. The zero-order valence-corrected chi connectivity index (χ0v) is 13.3. The highest BCUT2D eigenvalue weighted by Crippen LogP contribution is 2.36. The Hall–Kier alpha value is -2.08. The quantitative estimate of drug-likeness (QED) is 0.639. The van der Waals surface area contributed by atoms with Gasteiger partial charge in [-0.15, -0.1) is 0 Å². The molecule has 0 spiro atoms. The van der Waals surface area contributed by atoms with E-state index in [1.807, 2.05) is 19.9 Å². The summed E-state index contributed by atoms with van der Waals surface area (Å²) in [5.74, 6) is 0. The number of rotatable bonds is 3. The number of nitro groups is 1. The standard InChI is InChI=1S/C15H17ClN4O2/c1-10-7-11(2)19(17-10)14-9-13(18-5-3-4-6-18)12(16)8-15(14)20(21)22/h7-9H,3-6H2,1-2H3. The second-order valence-electron chi connectivity index (χ2n) is 5.58. The number of nitro benzene ring substituents is 1. The maximum absolute atomic E-state index is 11.4. The lowest BCUT2D eigenvalue weighted by atomic mass is 10.2. The van der Waals surface area contributed by atoms with E-state index in [0.717, 1.165) is 43.0 Å². The first-order chi connectivity index (χ1) is 10.5. The molecule has 0 saturated carbocycles. The van der Waals surface area contributed by atoms with E-state index in [-0.39, 0.29) is 5.69 Å². The van der Waals surface area contributed by atoms with Gasteiger partial charge in [0.2, 0.25) is 0 Å². The van der Waals surface area contributed by atoms with Gasteiger partial charge in [0.1, 0.15) is 5.69 Å². The molecule has 1 saturated heterocycles. The smallest absolute Gasteiger partial charge is 0.296 e. The van der Waals surface area contributed by atoms with Crippen LogP contribution in [-0.2, 0) is 0 Å². The van der Waals surface area contributed by atoms with Crippen LogP contribution in [0.1, 0.15) is 24.2 Å². The highest BCUT2D eigenvalue weighted by Gasteiger charge is 2.24. The summed E-state index contributed by atoms with van der Waals surface area (Å²) in [5, 5.41) is 16.2. The molecule has 2 aromatic rings. The lowest BCUT2D eigenvalue weighted by Gasteiger charge is -2.20. The van der Waals surface area contributed by atoms with Crippen LogP contribution >= 0.6 is 11.6 Å². The summed E-state index contributed by atoms with van der Waals surface area (Å²) in [5.41, 5.74) is 2.95. The number of nitrogens with zero attached hydrogens (tertiary/aromatic N) is 4. The minimum absolute atomic E-state index is 0.0286. The third-order valence-electron chi connectivity index (χ3n) is 3.93. The molecule has 1 aromatic heterocycles. The van der Waals surface area contributed by atoms with Crippen LogP contribution in [0.5, 0.6) is 0 Å². The molecule has 0 atom stereocenters. The molecule has 0 unspecified atom stereocenters. The van der Waals surface area contributed by atoms with Crippen LogP contribution in [0.15, 0.2) is 18.2 Å². The van der Waals surface area contributed by atoms with Crippen molar-refractivity contribution in [1.82, 2.24) is 9.78 Å². The number of anilines is 1. The fourth-order valence-corrected chi connectivity index (χ4v) is 3.21. The van der Waals surface area contributed by atoms with Gasteiger partial charge in [-0.3, -0.25) is 10.1 Å². The maximum Gasteiger partial charge on any atom is 0.296 e. The van der Waals surface area contributed by atoms with Crippen LogP contribution in [0.2, 0.25) is 5.02 Å². The zero-order chi connectivity index (χ0) is 15.9. The summed E-state index contributed by atoms with van der Waals surface area (Å²) < 4.78 is 1.61. The number of benzene rings is 1. The maximum atomic E-state index is 11.4. The Morgan fingerprint density at radius 2 is 1.86 bits per heavy atom. The van der Waals surface area contributed by atoms with Gasteiger partial charge in [0.05, 0.1) is 21.3 Å². The topological polar surface area (TPSA) is 64.2 Å². The van der Waals surface area contributed by atoms with Gasteiger partial charge in [-0.05, 0) is 38.8 Å². The molecule has 3 rings (SSSR count). The normalized spacial score (nSPS) is 14.6. The number of aryl methyl sites for hydroxylation is 2. The van der Waals surface area contributed by atoms with Gasteiger partial charge in [0.25, 0.3) is 5.69 Å². The van der Waals surface area contributed by atoms with Gasteiger partial charge >= 0.3 is 0 Å². The fraction of sp³-hybridized carbons (Fsp3) is 0.400. The molecular weight excluding hydrogens is 304 g/mol. The SMILES string of the molecule is Cc1cc(C)n(-c2cc(N3CCCC3)c(Cl)cc2[N+](=O)[O-])n1. The van der Waals surface area contributed by atoms with E-state index in [0.29, 0.717) is 10.7 Å². The first-order valence-electron chi connectivity index (χ1n) is 7.24.